The molecular formula is C29H27F3O10. The Morgan fingerprint density at radius 2 is 1.17 bits per heavy atom. The normalized spacial score (nSPS) is 17.3. The fraction of sp³-hybridized carbons (Fsp3) is 0.345. The van der Waals surface area contributed by atoms with Gasteiger partial charge in [0.1, 0.15) is 46.5 Å². The summed E-state index contributed by atoms with van der Waals surface area (Å²) >= 11 is 0. The molecule has 3 aromatic carbocycles. The number of hydrogen-bond donors (Lipinski definition) is 0. The summed E-state index contributed by atoms with van der Waals surface area (Å²) in [6.45, 7) is 1.82. The van der Waals surface area contributed by atoms with E-state index in [2.05, 4.69) is 0 Å². The van der Waals surface area contributed by atoms with E-state index in [4.69, 9.17) is 42.6 Å². The quantitative estimate of drug-likeness (QED) is 0.0754. The fourth-order valence-electron chi connectivity index (χ4n) is 3.47. The summed E-state index contributed by atoms with van der Waals surface area (Å²) in [5, 5.41) is 0. The second-order valence-electron chi connectivity index (χ2n) is 9.12. The number of epoxide rings is 2. The van der Waals surface area contributed by atoms with E-state index < -0.39 is 30.3 Å². The van der Waals surface area contributed by atoms with E-state index >= 15 is 0 Å². The summed E-state index contributed by atoms with van der Waals surface area (Å²) in [4.78, 5) is 12.5. The zero-order valence-electron chi connectivity index (χ0n) is 22.2. The standard InChI is InChI=1S/C29H27F3O10/c30-29(31,32)26-11-23(42-28(33)19-1-3-20(4-2-19)38-16-34-12-24-14-36-24)9-10-27(26)41-18-40-22-7-5-21(6-8-22)39-17-35-13-25-15-37-25/h1-11,24-25H,12-18H2. The number of ether oxygens (including phenoxy) is 9. The minimum Gasteiger partial charge on any atom is -0.468 e. The first-order valence-corrected chi connectivity index (χ1v) is 12.9. The minimum atomic E-state index is -4.78. The van der Waals surface area contributed by atoms with Crippen LogP contribution in [0.25, 0.3) is 0 Å². The molecular weight excluding hydrogens is 565 g/mol. The molecule has 2 saturated heterocycles. The Bertz CT molecular complexity index is 1310. The van der Waals surface area contributed by atoms with Gasteiger partial charge < -0.3 is 42.6 Å². The molecule has 0 spiro atoms. The van der Waals surface area contributed by atoms with Crippen LogP contribution in [0.2, 0.25) is 0 Å². The van der Waals surface area contributed by atoms with Gasteiger partial charge in [0.15, 0.2) is 13.6 Å². The number of alkyl halides is 3. The summed E-state index contributed by atoms with van der Waals surface area (Å²) in [5.74, 6) is -0.314. The van der Waals surface area contributed by atoms with Crippen molar-refractivity contribution in [2.24, 2.45) is 0 Å². The predicted octanol–water partition coefficient (Wildman–Crippen LogP) is 4.84. The van der Waals surface area contributed by atoms with Crippen LogP contribution in [0.15, 0.2) is 66.7 Å². The highest BCUT2D eigenvalue weighted by molar-refractivity contribution is 5.91. The van der Waals surface area contributed by atoms with E-state index in [0.717, 1.165) is 6.07 Å². The van der Waals surface area contributed by atoms with Crippen molar-refractivity contribution < 1.29 is 60.6 Å². The molecule has 2 heterocycles. The van der Waals surface area contributed by atoms with Crippen molar-refractivity contribution in [1.29, 1.82) is 0 Å². The molecule has 5 rings (SSSR count). The molecule has 0 radical (unpaired) electrons. The molecule has 0 saturated carbocycles. The lowest BCUT2D eigenvalue weighted by Crippen LogP contribution is -2.14. The first-order valence-electron chi connectivity index (χ1n) is 12.9. The van der Waals surface area contributed by atoms with Gasteiger partial charge >= 0.3 is 12.1 Å². The van der Waals surface area contributed by atoms with Crippen LogP contribution in [0.3, 0.4) is 0 Å². The molecule has 224 valence electrons. The number of esters is 1. The SMILES string of the molecule is O=C(Oc1ccc(OCOc2ccc(OCOCC3CO3)cc2)c(C(F)(F)F)c1)c1ccc(OCOCC2CO2)cc1. The highest BCUT2D eigenvalue weighted by Crippen LogP contribution is 2.38. The third-order valence-corrected chi connectivity index (χ3v) is 5.85. The van der Waals surface area contributed by atoms with Crippen LogP contribution < -0.4 is 23.7 Å². The van der Waals surface area contributed by atoms with Gasteiger partial charge in [-0.2, -0.15) is 13.2 Å². The summed E-state index contributed by atoms with van der Waals surface area (Å²) in [6, 6.07) is 15.2. The monoisotopic (exact) mass is 592 g/mol. The lowest BCUT2D eigenvalue weighted by atomic mass is 10.1. The number of carbonyl (C=O) groups is 1. The van der Waals surface area contributed by atoms with Gasteiger partial charge in [-0.15, -0.1) is 0 Å². The molecule has 0 bridgehead atoms. The zero-order valence-corrected chi connectivity index (χ0v) is 22.2. The molecule has 0 aliphatic carbocycles. The van der Waals surface area contributed by atoms with Crippen LogP contribution in [0.4, 0.5) is 13.2 Å². The fourth-order valence-corrected chi connectivity index (χ4v) is 3.47. The second kappa shape index (κ2) is 13.7. The molecule has 2 aliphatic rings. The van der Waals surface area contributed by atoms with Crippen LogP contribution in [0, 0.1) is 0 Å². The third kappa shape index (κ3) is 9.24. The van der Waals surface area contributed by atoms with Crippen LogP contribution in [0.1, 0.15) is 15.9 Å². The van der Waals surface area contributed by atoms with Crippen molar-refractivity contribution in [2.75, 3.05) is 46.8 Å². The zero-order chi connectivity index (χ0) is 29.4. The topological polar surface area (TPSA) is 107 Å². The molecule has 2 aliphatic heterocycles. The molecule has 0 amide bonds. The van der Waals surface area contributed by atoms with Crippen LogP contribution in [-0.4, -0.2) is 65.0 Å². The van der Waals surface area contributed by atoms with E-state index in [-0.39, 0.29) is 37.1 Å². The van der Waals surface area contributed by atoms with Gasteiger partial charge in [-0.1, -0.05) is 0 Å². The van der Waals surface area contributed by atoms with E-state index in [1.54, 1.807) is 24.3 Å². The van der Waals surface area contributed by atoms with Gasteiger partial charge in [0.25, 0.3) is 0 Å². The summed E-state index contributed by atoms with van der Waals surface area (Å²) in [7, 11) is 0. The molecule has 2 fully saturated rings. The summed E-state index contributed by atoms with van der Waals surface area (Å²) in [6.07, 6.45) is -4.53. The van der Waals surface area contributed by atoms with Gasteiger partial charge in [-0.3, -0.25) is 0 Å². The number of benzene rings is 3. The van der Waals surface area contributed by atoms with Crippen molar-refractivity contribution in [3.05, 3.63) is 77.9 Å². The van der Waals surface area contributed by atoms with E-state index in [1.165, 1.54) is 30.3 Å². The maximum atomic E-state index is 13.8. The Kier molecular flexibility index (Phi) is 9.64. The van der Waals surface area contributed by atoms with Crippen LogP contribution in [-0.2, 0) is 25.1 Å². The second-order valence-corrected chi connectivity index (χ2v) is 9.12. The lowest BCUT2D eigenvalue weighted by Gasteiger charge is -2.16. The molecule has 3 aromatic rings. The number of rotatable bonds is 16. The van der Waals surface area contributed by atoms with Crippen molar-refractivity contribution >= 4 is 5.97 Å². The minimum absolute atomic E-state index is 0.0114. The Labute approximate surface area is 238 Å². The Balaban J connectivity index is 1.10. The maximum Gasteiger partial charge on any atom is 0.420 e. The molecule has 0 N–H and O–H groups in total. The maximum absolute atomic E-state index is 13.8. The molecule has 10 nitrogen and oxygen atoms in total. The van der Waals surface area contributed by atoms with Crippen molar-refractivity contribution in [3.63, 3.8) is 0 Å². The Morgan fingerprint density at radius 1 is 0.690 bits per heavy atom. The largest absolute Gasteiger partial charge is 0.468 e. The Hall–Kier alpha value is -4.04. The van der Waals surface area contributed by atoms with Crippen LogP contribution in [0.5, 0.6) is 28.7 Å². The van der Waals surface area contributed by atoms with Crippen molar-refractivity contribution in [3.8, 4) is 28.7 Å². The van der Waals surface area contributed by atoms with Gasteiger partial charge in [-0.05, 0) is 66.7 Å². The molecule has 42 heavy (non-hydrogen) atoms. The molecule has 13 heteroatoms. The number of carbonyl (C=O) groups excluding carboxylic acids is 1. The number of halogens is 3. The first kappa shape index (κ1) is 29.5. The van der Waals surface area contributed by atoms with Gasteiger partial charge in [-0.25, -0.2) is 4.79 Å². The smallest absolute Gasteiger partial charge is 0.420 e. The average Bonchev–Trinajstić information content (AvgIpc) is 3.91. The van der Waals surface area contributed by atoms with Gasteiger partial charge in [0.05, 0.1) is 32.0 Å². The highest BCUT2D eigenvalue weighted by atomic mass is 19.4. The van der Waals surface area contributed by atoms with Crippen molar-refractivity contribution in [2.45, 2.75) is 18.4 Å². The highest BCUT2D eigenvalue weighted by Gasteiger charge is 2.35. The summed E-state index contributed by atoms with van der Waals surface area (Å²) in [5.41, 5.74) is -1.01. The number of hydrogen-bond acceptors (Lipinski definition) is 10. The molecule has 2 atom stereocenters. The first-order chi connectivity index (χ1) is 20.3. The predicted molar refractivity (Wildman–Crippen MR) is 138 cm³/mol. The third-order valence-electron chi connectivity index (χ3n) is 5.85. The van der Waals surface area contributed by atoms with Gasteiger partial charge in [0, 0.05) is 0 Å². The lowest BCUT2D eigenvalue weighted by molar-refractivity contribution is -0.139. The van der Waals surface area contributed by atoms with Crippen molar-refractivity contribution in [1.82, 2.24) is 0 Å². The molecule has 2 unspecified atom stereocenters. The average molecular weight is 593 g/mol. The van der Waals surface area contributed by atoms with Crippen LogP contribution >= 0.6 is 0 Å². The van der Waals surface area contributed by atoms with E-state index in [0.29, 0.717) is 49.7 Å². The Morgan fingerprint density at radius 3 is 1.67 bits per heavy atom. The van der Waals surface area contributed by atoms with E-state index in [9.17, 15) is 18.0 Å². The summed E-state index contributed by atoms with van der Waals surface area (Å²) < 4.78 is 88.5. The molecule has 0 aromatic heterocycles. The van der Waals surface area contributed by atoms with Gasteiger partial charge in [0.2, 0.25) is 6.79 Å². The van der Waals surface area contributed by atoms with E-state index in [1.807, 2.05) is 0 Å².